The second-order valence-electron chi connectivity index (χ2n) is 3.23. The fourth-order valence-electron chi connectivity index (χ4n) is 1.60. The molecule has 0 radical (unpaired) electrons. The maximum atomic E-state index is 11.7. The molecule has 3 aromatic carbocycles. The summed E-state index contributed by atoms with van der Waals surface area (Å²) < 4.78 is 71.1. The van der Waals surface area contributed by atoms with E-state index in [1.54, 1.807) is 0 Å². The summed E-state index contributed by atoms with van der Waals surface area (Å²) in [6.45, 7) is 0. The topological polar surface area (TPSA) is 43.1 Å². The van der Waals surface area contributed by atoms with Gasteiger partial charge in [-0.3, -0.25) is 10.1 Å². The Bertz CT molecular complexity index is 1080. The zero-order chi connectivity index (χ0) is 19.7. The van der Waals surface area contributed by atoms with Crippen LogP contribution < -0.4 is 0 Å². The summed E-state index contributed by atoms with van der Waals surface area (Å²) in [5.74, 6) is 0. The quantitative estimate of drug-likeness (QED) is 0.363. The molecule has 0 saturated heterocycles. The number of nitro groups is 1. The van der Waals surface area contributed by atoms with Gasteiger partial charge >= 0.3 is 0 Å². The smallest absolute Gasteiger partial charge is 0.258 e. The molecule has 0 atom stereocenters. The molecule has 3 aromatic rings. The minimum atomic E-state index is -0.953. The van der Waals surface area contributed by atoms with E-state index in [-0.39, 0.29) is 0 Å². The first-order valence-corrected chi connectivity index (χ1v) is 4.59. The summed E-state index contributed by atoms with van der Waals surface area (Å²) in [6.07, 6.45) is 0. The highest BCUT2D eigenvalue weighted by Crippen LogP contribution is 2.33. The molecule has 3 rings (SSSR count). The van der Waals surface area contributed by atoms with Crippen LogP contribution in [0.15, 0.2) is 54.4 Å². The Balaban J connectivity index is 2.90. The SMILES string of the molecule is [2H]c1c([2H])c([2H])c2c([N+](=O)[O-])c3c([2H])c([2H])c([2H])c([2H])c3c([2H])c2c1[2H]. The van der Waals surface area contributed by atoms with Crippen molar-refractivity contribution in [3.8, 4) is 0 Å². The molecule has 0 aromatic heterocycles. The van der Waals surface area contributed by atoms with E-state index in [1.807, 2.05) is 0 Å². The maximum Gasteiger partial charge on any atom is 0.284 e. The summed E-state index contributed by atoms with van der Waals surface area (Å²) in [6, 6.07) is -6.29. The number of rotatable bonds is 1. The Morgan fingerprint density at radius 1 is 0.941 bits per heavy atom. The molecule has 0 bridgehead atoms. The molecule has 0 fully saturated rings. The lowest BCUT2D eigenvalue weighted by Crippen LogP contribution is -1.91. The molecule has 0 amide bonds. The zero-order valence-electron chi connectivity index (χ0n) is 17.3. The number of hydrogen-bond donors (Lipinski definition) is 0. The van der Waals surface area contributed by atoms with Crippen molar-refractivity contribution in [3.63, 3.8) is 0 Å². The Hall–Kier alpha value is -2.42. The molecule has 0 heterocycles. The average Bonchev–Trinajstić information content (AvgIpc) is 2.59. The third-order valence-electron chi connectivity index (χ3n) is 2.28. The second-order valence-corrected chi connectivity index (χ2v) is 3.23. The first kappa shape index (κ1) is 4.11. The van der Waals surface area contributed by atoms with Crippen molar-refractivity contribution in [1.29, 1.82) is 0 Å². The lowest BCUT2D eigenvalue weighted by atomic mass is 10.0. The van der Waals surface area contributed by atoms with Gasteiger partial charge in [0.05, 0.1) is 28.0 Å². The summed E-state index contributed by atoms with van der Waals surface area (Å²) in [5, 5.41) is 9.68. The Morgan fingerprint density at radius 3 is 1.88 bits per heavy atom. The maximum absolute atomic E-state index is 11.7. The van der Waals surface area contributed by atoms with E-state index in [9.17, 15) is 10.1 Å². The van der Waals surface area contributed by atoms with Crippen molar-refractivity contribution in [2.24, 2.45) is 0 Å². The number of nitrogens with zero attached hydrogens (tertiary/aromatic N) is 1. The van der Waals surface area contributed by atoms with E-state index in [1.165, 1.54) is 0 Å². The van der Waals surface area contributed by atoms with Crippen LogP contribution >= 0.6 is 0 Å². The van der Waals surface area contributed by atoms with Crippen molar-refractivity contribution < 1.29 is 17.3 Å². The van der Waals surface area contributed by atoms with Crippen LogP contribution in [0.3, 0.4) is 0 Å². The van der Waals surface area contributed by atoms with Crippen molar-refractivity contribution in [3.05, 3.63) is 64.5 Å². The van der Waals surface area contributed by atoms with Crippen LogP contribution in [0.1, 0.15) is 12.3 Å². The standard InChI is InChI=1S/C14H9NO2/c16-15(17)14-12-7-3-1-5-10(12)9-11-6-2-4-8-13(11)14/h1-9H/i1D,2D,3D,4D,5D,6D,7D,8D,9D. The second kappa shape index (κ2) is 3.56. The molecular weight excluding hydrogens is 214 g/mol. The molecule has 17 heavy (non-hydrogen) atoms. The minimum Gasteiger partial charge on any atom is -0.258 e. The molecule has 0 spiro atoms. The lowest BCUT2D eigenvalue weighted by molar-refractivity contribution is -0.381. The molecular formula is C14H9NO2. The van der Waals surface area contributed by atoms with Gasteiger partial charge in [0.15, 0.2) is 0 Å². The van der Waals surface area contributed by atoms with Gasteiger partial charge < -0.3 is 0 Å². The zero-order valence-corrected chi connectivity index (χ0v) is 8.26. The van der Waals surface area contributed by atoms with Crippen LogP contribution in [0.2, 0.25) is 0 Å². The van der Waals surface area contributed by atoms with Gasteiger partial charge in [0, 0.05) is 0 Å². The van der Waals surface area contributed by atoms with Crippen LogP contribution in [-0.2, 0) is 0 Å². The Morgan fingerprint density at radius 2 is 1.41 bits per heavy atom. The van der Waals surface area contributed by atoms with Crippen molar-refractivity contribution in [1.82, 2.24) is 0 Å². The van der Waals surface area contributed by atoms with Crippen molar-refractivity contribution >= 4 is 27.2 Å². The molecule has 3 nitrogen and oxygen atoms in total. The Kier molecular flexibility index (Phi) is 0.860. The first-order valence-electron chi connectivity index (χ1n) is 9.09. The van der Waals surface area contributed by atoms with E-state index < -0.39 is 86.5 Å². The number of fused-ring (bicyclic) bond motifs is 2. The minimum absolute atomic E-state index is 0.458. The van der Waals surface area contributed by atoms with Crippen LogP contribution in [0.4, 0.5) is 5.69 Å². The van der Waals surface area contributed by atoms with Gasteiger partial charge in [-0.15, -0.1) is 0 Å². The predicted molar refractivity (Wildman–Crippen MR) is 68.1 cm³/mol. The van der Waals surface area contributed by atoms with E-state index >= 15 is 0 Å². The lowest BCUT2D eigenvalue weighted by Gasteiger charge is -2.04. The highest BCUT2D eigenvalue weighted by molar-refractivity contribution is 6.07. The summed E-state index contributed by atoms with van der Waals surface area (Å²) in [4.78, 5) is 10.7. The fraction of sp³-hybridized carbons (Fsp3) is 0. The largest absolute Gasteiger partial charge is 0.284 e. The van der Waals surface area contributed by atoms with E-state index in [2.05, 4.69) is 0 Å². The summed E-state index contributed by atoms with van der Waals surface area (Å²) in [7, 11) is 0. The van der Waals surface area contributed by atoms with Crippen molar-refractivity contribution in [2.45, 2.75) is 0 Å². The summed E-state index contributed by atoms with van der Waals surface area (Å²) >= 11 is 0. The molecule has 0 aliphatic heterocycles. The number of benzene rings is 3. The van der Waals surface area contributed by atoms with Crippen LogP contribution in [0.5, 0.6) is 0 Å². The number of hydrogen-bond acceptors (Lipinski definition) is 2. The Labute approximate surface area is 110 Å². The van der Waals surface area contributed by atoms with E-state index in [0.717, 1.165) is 0 Å². The van der Waals surface area contributed by atoms with Gasteiger partial charge in [-0.1, -0.05) is 36.3 Å². The summed E-state index contributed by atoms with van der Waals surface area (Å²) in [5.41, 5.74) is -0.870. The highest BCUT2D eigenvalue weighted by atomic mass is 16.6. The molecule has 0 aliphatic carbocycles. The van der Waals surface area contributed by atoms with Gasteiger partial charge in [-0.05, 0) is 28.9 Å². The van der Waals surface area contributed by atoms with Crippen LogP contribution in [0.25, 0.3) is 21.5 Å². The molecule has 82 valence electrons. The molecule has 0 unspecified atom stereocenters. The number of non-ortho nitro benzene ring substituents is 1. The fourth-order valence-corrected chi connectivity index (χ4v) is 1.60. The van der Waals surface area contributed by atoms with Gasteiger partial charge in [-0.25, -0.2) is 0 Å². The van der Waals surface area contributed by atoms with Crippen molar-refractivity contribution in [2.75, 3.05) is 0 Å². The molecule has 0 saturated carbocycles. The van der Waals surface area contributed by atoms with Crippen LogP contribution in [0, 0.1) is 10.1 Å². The van der Waals surface area contributed by atoms with Gasteiger partial charge in [0.1, 0.15) is 0 Å². The third kappa shape index (κ3) is 1.44. The van der Waals surface area contributed by atoms with Gasteiger partial charge in [-0.2, -0.15) is 0 Å². The number of nitro benzene ring substituents is 1. The third-order valence-corrected chi connectivity index (χ3v) is 2.28. The first-order chi connectivity index (χ1) is 12.0. The molecule has 0 N–H and O–H groups in total. The van der Waals surface area contributed by atoms with Gasteiger partial charge in [0.2, 0.25) is 0 Å². The highest BCUT2D eigenvalue weighted by Gasteiger charge is 2.16. The molecule has 0 aliphatic rings. The average molecular weight is 232 g/mol. The monoisotopic (exact) mass is 232 g/mol. The van der Waals surface area contributed by atoms with E-state index in [4.69, 9.17) is 12.3 Å². The predicted octanol–water partition coefficient (Wildman–Crippen LogP) is 3.90. The van der Waals surface area contributed by atoms with E-state index in [0.29, 0.717) is 0 Å². The normalized spacial score (nSPS) is 18.2. The molecule has 3 heteroatoms. The van der Waals surface area contributed by atoms with Gasteiger partial charge in [0.25, 0.3) is 5.69 Å². The van der Waals surface area contributed by atoms with Crippen LogP contribution in [-0.4, -0.2) is 4.92 Å².